The molecule has 10 aromatic rings. The van der Waals surface area contributed by atoms with Crippen LogP contribution in [0, 0.1) is 0 Å². The topological polar surface area (TPSA) is 55.4 Å². The molecule has 1 aliphatic carbocycles. The highest BCUT2D eigenvalue weighted by molar-refractivity contribution is 7.25. The molecule has 0 N–H and O–H groups in total. The van der Waals surface area contributed by atoms with Crippen molar-refractivity contribution in [1.82, 2.24) is 0 Å². The molecule has 0 saturated carbocycles. The second-order valence-electron chi connectivity index (χ2n) is 30.8. The first-order chi connectivity index (χ1) is 54.3. The summed E-state index contributed by atoms with van der Waals surface area (Å²) in [5.74, 6) is 5.72. The van der Waals surface area contributed by atoms with Gasteiger partial charge < -0.3 is 28.4 Å². The van der Waals surface area contributed by atoms with Gasteiger partial charge >= 0.3 is 0 Å². The zero-order chi connectivity index (χ0) is 76.2. The molecule has 4 aromatic heterocycles. The van der Waals surface area contributed by atoms with Crippen molar-refractivity contribution >= 4 is 45.3 Å². The van der Waals surface area contributed by atoms with Gasteiger partial charge in [-0.2, -0.15) is 0 Å². The Balaban J connectivity index is 0.804. The van der Waals surface area contributed by atoms with Gasteiger partial charge in [0.15, 0.2) is 0 Å². The summed E-state index contributed by atoms with van der Waals surface area (Å²) in [6.45, 7) is 17.4. The molecule has 8 bridgehead atoms. The van der Waals surface area contributed by atoms with Gasteiger partial charge in [-0.15, -0.1) is 45.3 Å². The van der Waals surface area contributed by atoms with E-state index in [9.17, 15) is 0 Å². The maximum Gasteiger partial charge on any atom is 0.126 e. The Morgan fingerprint density at radius 3 is 0.682 bits per heavy atom. The van der Waals surface area contributed by atoms with Crippen LogP contribution < -0.4 is 28.4 Å². The number of hydrogen-bond donors (Lipinski definition) is 0. The van der Waals surface area contributed by atoms with Gasteiger partial charge in [-0.25, -0.2) is 0 Å². The Labute approximate surface area is 679 Å². The van der Waals surface area contributed by atoms with Gasteiger partial charge in [0, 0.05) is 64.7 Å². The van der Waals surface area contributed by atoms with E-state index in [1.807, 2.05) is 45.3 Å². The van der Waals surface area contributed by atoms with Gasteiger partial charge in [-0.3, -0.25) is 0 Å². The van der Waals surface area contributed by atoms with Crippen molar-refractivity contribution in [1.29, 1.82) is 0 Å². The summed E-state index contributed by atoms with van der Waals surface area (Å²) in [5, 5.41) is 0. The fraction of sp³-hybridized carbons (Fsp3) is 0.480. The SMILES string of the molecule is CCCCCCCCCCCCCCCCOc1ccc(-c2ccc(-c3ccc(-c4cc5c(OCCC)c(c4)Cc4cccc(c4OCCC)Cc4cc(-c6ccc(-c7ccc(-c8ccc(OCCCCCCCCCCCCCCCC)cc8)s7)s6)cc(c4OCCC)Cc4cccc(c4OCCC)C5)s3)s2)cc1. The van der Waals surface area contributed by atoms with E-state index in [-0.39, 0.29) is 0 Å². The lowest BCUT2D eigenvalue weighted by Crippen LogP contribution is -2.10. The predicted molar refractivity (Wildman–Crippen MR) is 476 cm³/mol. The smallest absolute Gasteiger partial charge is 0.126 e. The van der Waals surface area contributed by atoms with Crippen LogP contribution in [-0.2, 0) is 25.7 Å². The van der Waals surface area contributed by atoms with Crippen LogP contribution in [0.3, 0.4) is 0 Å². The van der Waals surface area contributed by atoms with E-state index < -0.39 is 0 Å². The Hall–Kier alpha value is -7.08. The largest absolute Gasteiger partial charge is 0.494 e. The number of thiophene rings is 4. The monoisotopic (exact) mass is 1550 g/mol. The van der Waals surface area contributed by atoms with E-state index in [0.29, 0.717) is 52.1 Å². The second kappa shape index (κ2) is 46.8. The summed E-state index contributed by atoms with van der Waals surface area (Å²) in [6, 6.07) is 59.1. The zero-order valence-corrected chi connectivity index (χ0v) is 71.1. The van der Waals surface area contributed by atoms with Crippen molar-refractivity contribution in [2.45, 2.75) is 273 Å². The number of rotatable bonds is 50. The molecule has 0 spiro atoms. The van der Waals surface area contributed by atoms with Crippen molar-refractivity contribution in [3.05, 3.63) is 202 Å². The van der Waals surface area contributed by atoms with Crippen LogP contribution in [0.2, 0.25) is 0 Å². The van der Waals surface area contributed by atoms with Crippen LogP contribution in [0.15, 0.2) is 158 Å². The van der Waals surface area contributed by atoms with E-state index in [0.717, 1.165) is 131 Å². The standard InChI is InChI=1S/C100H128O6S4/c1-7-13-15-17-19-21-23-25-27-29-31-33-35-37-65-101-87-49-45-75(46-50-87)89-53-57-93(107-89)95-59-55-91(109-95)81-71-83-67-77-41-39-43-79(97(77)103-61-9-3)69-85-73-82(74-86(100(85)106-64-12-6)70-80-44-40-42-78(98(80)104-62-10-4)68-84(72-81)99(83)105-63-11-5)92-56-60-96(110-92)94-58-54-90(108-94)76-47-51-88(52-48-76)102-66-38-36-34-32-30-28-26-24-22-20-18-16-14-8-2/h39-60,71-74H,7-38,61-70H2,1-6H3. The Morgan fingerprint density at radius 2 is 0.427 bits per heavy atom. The molecule has 0 atom stereocenters. The molecule has 0 radical (unpaired) electrons. The molecule has 6 nitrogen and oxygen atoms in total. The van der Waals surface area contributed by atoms with Crippen LogP contribution >= 0.6 is 45.3 Å². The summed E-state index contributed by atoms with van der Waals surface area (Å²) in [4.78, 5) is 10.0. The summed E-state index contributed by atoms with van der Waals surface area (Å²) in [7, 11) is 0. The van der Waals surface area contributed by atoms with Crippen LogP contribution in [0.25, 0.3) is 61.3 Å². The number of unbranched alkanes of at least 4 members (excludes halogenated alkanes) is 26. The minimum atomic E-state index is 0.609. The van der Waals surface area contributed by atoms with Gasteiger partial charge in [-0.1, -0.05) is 245 Å². The lowest BCUT2D eigenvalue weighted by molar-refractivity contribution is 0.304. The molecule has 11 rings (SSSR count). The highest BCUT2D eigenvalue weighted by atomic mass is 32.1. The molecule has 0 amide bonds. The van der Waals surface area contributed by atoms with E-state index in [2.05, 4.69) is 199 Å². The van der Waals surface area contributed by atoms with Gasteiger partial charge in [0.05, 0.1) is 39.6 Å². The molecular weight excluding hydrogens is 1430 g/mol. The molecule has 10 heteroatoms. The number of hydrogen-bond acceptors (Lipinski definition) is 10. The van der Waals surface area contributed by atoms with Gasteiger partial charge in [0.1, 0.15) is 34.5 Å². The second-order valence-corrected chi connectivity index (χ2v) is 35.1. The molecule has 588 valence electrons. The van der Waals surface area contributed by atoms with Crippen molar-refractivity contribution in [2.75, 3.05) is 39.6 Å². The molecule has 0 aliphatic heterocycles. The van der Waals surface area contributed by atoms with E-state index in [1.54, 1.807) is 0 Å². The normalized spacial score (nSPS) is 12.1. The Morgan fingerprint density at radius 1 is 0.200 bits per heavy atom. The Bertz CT molecular complexity index is 3910. The molecule has 0 unspecified atom stereocenters. The maximum absolute atomic E-state index is 7.06. The highest BCUT2D eigenvalue weighted by Gasteiger charge is 2.25. The highest BCUT2D eigenvalue weighted by Crippen LogP contribution is 2.47. The average molecular weight is 1550 g/mol. The summed E-state index contributed by atoms with van der Waals surface area (Å²) >= 11 is 7.45. The molecule has 0 saturated heterocycles. The lowest BCUT2D eigenvalue weighted by atomic mass is 9.89. The number of para-hydroxylation sites is 2. The van der Waals surface area contributed by atoms with Crippen LogP contribution in [0.4, 0.5) is 0 Å². The van der Waals surface area contributed by atoms with Crippen LogP contribution in [-0.4, -0.2) is 39.6 Å². The minimum absolute atomic E-state index is 0.609. The van der Waals surface area contributed by atoms with Crippen molar-refractivity contribution < 1.29 is 28.4 Å². The predicted octanol–water partition coefficient (Wildman–Crippen LogP) is 31.5. The third-order valence-corrected chi connectivity index (χ3v) is 26.4. The maximum atomic E-state index is 7.06. The fourth-order valence-electron chi connectivity index (χ4n) is 15.4. The first-order valence-electron chi connectivity index (χ1n) is 43.2. The number of ether oxygens (including phenoxy) is 6. The Kier molecular flexibility index (Phi) is 35.7. The van der Waals surface area contributed by atoms with Gasteiger partial charge in [-0.05, 0) is 227 Å². The molecule has 110 heavy (non-hydrogen) atoms. The third kappa shape index (κ3) is 25.5. The first kappa shape index (κ1) is 83.8. The summed E-state index contributed by atoms with van der Waals surface area (Å²) < 4.78 is 40.7. The number of benzene rings is 6. The lowest BCUT2D eigenvalue weighted by Gasteiger charge is -2.24. The third-order valence-electron chi connectivity index (χ3n) is 21.5. The van der Waals surface area contributed by atoms with Crippen molar-refractivity contribution in [3.8, 4) is 95.8 Å². The quantitative estimate of drug-likeness (QED) is 0.0354. The molecule has 4 heterocycles. The molecule has 0 fully saturated rings. The minimum Gasteiger partial charge on any atom is -0.494 e. The molecular formula is C100H128O6S4. The van der Waals surface area contributed by atoms with E-state index in [4.69, 9.17) is 28.4 Å². The van der Waals surface area contributed by atoms with E-state index in [1.165, 1.54) is 228 Å². The van der Waals surface area contributed by atoms with Crippen molar-refractivity contribution in [3.63, 3.8) is 0 Å². The average Bonchev–Trinajstić information content (AvgIpc) is 1.32. The van der Waals surface area contributed by atoms with Crippen LogP contribution in [0.1, 0.15) is 292 Å². The fourth-order valence-corrected chi connectivity index (χ4v) is 19.6. The molecule has 6 aromatic carbocycles. The van der Waals surface area contributed by atoms with Gasteiger partial charge in [0.2, 0.25) is 0 Å². The summed E-state index contributed by atoms with van der Waals surface area (Å²) in [5.41, 5.74) is 14.0. The van der Waals surface area contributed by atoms with Gasteiger partial charge in [0.25, 0.3) is 0 Å². The molecule has 1 aliphatic rings. The van der Waals surface area contributed by atoms with Crippen LogP contribution in [0.5, 0.6) is 34.5 Å². The number of fused-ring (bicyclic) bond motifs is 8. The summed E-state index contributed by atoms with van der Waals surface area (Å²) in [6.07, 6.45) is 44.2. The van der Waals surface area contributed by atoms with E-state index >= 15 is 0 Å². The zero-order valence-electron chi connectivity index (χ0n) is 67.8. The first-order valence-corrected chi connectivity index (χ1v) is 46.5. The van der Waals surface area contributed by atoms with Crippen molar-refractivity contribution in [2.24, 2.45) is 0 Å².